The van der Waals surface area contributed by atoms with Crippen molar-refractivity contribution in [1.29, 1.82) is 0 Å². The van der Waals surface area contributed by atoms with E-state index in [2.05, 4.69) is 5.32 Å². The highest BCUT2D eigenvalue weighted by molar-refractivity contribution is 6.35. The lowest BCUT2D eigenvalue weighted by atomic mass is 10.1. The zero-order chi connectivity index (χ0) is 17.1. The summed E-state index contributed by atoms with van der Waals surface area (Å²) in [5.41, 5.74) is 2.17. The van der Waals surface area contributed by atoms with Crippen molar-refractivity contribution in [3.05, 3.63) is 58.1 Å². The summed E-state index contributed by atoms with van der Waals surface area (Å²) in [7, 11) is 0. The zero-order valence-corrected chi connectivity index (χ0v) is 14.8. The van der Waals surface area contributed by atoms with Gasteiger partial charge in [-0.2, -0.15) is 0 Å². The Morgan fingerprint density at radius 2 is 2.04 bits per heavy atom. The summed E-state index contributed by atoms with van der Waals surface area (Å²) in [6.07, 6.45) is -0.631. The number of carbonyl (C=O) groups is 1. The first-order valence-corrected chi connectivity index (χ1v) is 8.52. The monoisotopic (exact) mass is 364 g/mol. The molecule has 1 atom stereocenters. The van der Waals surface area contributed by atoms with Crippen LogP contribution in [0.25, 0.3) is 0 Å². The van der Waals surface area contributed by atoms with Crippen LogP contribution >= 0.6 is 23.2 Å². The highest BCUT2D eigenvalue weighted by Gasteiger charge is 2.25. The lowest BCUT2D eigenvalue weighted by molar-refractivity contribution is -0.138. The van der Waals surface area contributed by atoms with Gasteiger partial charge in [-0.05, 0) is 36.8 Å². The normalized spacial score (nSPS) is 15.0. The molecule has 0 bridgehead atoms. The number of amides is 1. The van der Waals surface area contributed by atoms with E-state index in [0.29, 0.717) is 35.4 Å². The van der Waals surface area contributed by atoms with Gasteiger partial charge in [0, 0.05) is 30.3 Å². The maximum absolute atomic E-state index is 12.7. The average Bonchev–Trinajstić information content (AvgIpc) is 2.79. The van der Waals surface area contributed by atoms with Crippen molar-refractivity contribution in [3.8, 4) is 5.75 Å². The van der Waals surface area contributed by atoms with E-state index in [9.17, 15) is 4.79 Å². The van der Waals surface area contributed by atoms with Crippen LogP contribution in [0.1, 0.15) is 12.5 Å². The molecule has 1 heterocycles. The molecule has 0 saturated carbocycles. The number of fused-ring (bicyclic) bond motifs is 1. The number of benzene rings is 2. The number of hydrogen-bond donors (Lipinski definition) is 1. The van der Waals surface area contributed by atoms with Gasteiger partial charge in [-0.3, -0.25) is 4.79 Å². The number of nitrogens with zero attached hydrogens (tertiary/aromatic N) is 1. The molecule has 0 aromatic heterocycles. The Morgan fingerprint density at radius 3 is 2.83 bits per heavy atom. The third-order valence-electron chi connectivity index (χ3n) is 3.93. The first-order chi connectivity index (χ1) is 11.5. The van der Waals surface area contributed by atoms with Crippen LogP contribution in [0.5, 0.6) is 5.75 Å². The van der Waals surface area contributed by atoms with Gasteiger partial charge >= 0.3 is 0 Å². The largest absolute Gasteiger partial charge is 0.479 e. The minimum absolute atomic E-state index is 0.0699. The van der Waals surface area contributed by atoms with Crippen LogP contribution in [-0.4, -0.2) is 30.0 Å². The molecule has 0 unspecified atom stereocenters. The minimum atomic E-state index is -0.631. The molecular weight excluding hydrogens is 347 g/mol. The number of anilines is 1. The number of para-hydroxylation sites is 1. The van der Waals surface area contributed by atoms with Crippen molar-refractivity contribution in [2.75, 3.05) is 18.4 Å². The second-order valence-electron chi connectivity index (χ2n) is 5.68. The lowest BCUT2D eigenvalue weighted by Crippen LogP contribution is -2.41. The number of carbonyl (C=O) groups excluding carboxylic acids is 1. The molecule has 6 heteroatoms. The predicted molar refractivity (Wildman–Crippen MR) is 96.9 cm³/mol. The van der Waals surface area contributed by atoms with Crippen LogP contribution in [0.3, 0.4) is 0 Å². The van der Waals surface area contributed by atoms with Crippen molar-refractivity contribution in [2.45, 2.75) is 19.6 Å². The molecule has 1 aliphatic rings. The van der Waals surface area contributed by atoms with E-state index < -0.39 is 6.10 Å². The summed E-state index contributed by atoms with van der Waals surface area (Å²) < 4.78 is 5.74. The molecule has 24 heavy (non-hydrogen) atoms. The third kappa shape index (κ3) is 3.77. The first kappa shape index (κ1) is 16.9. The summed E-state index contributed by atoms with van der Waals surface area (Å²) in [5.74, 6) is 0.384. The fraction of sp³-hybridized carbons (Fsp3) is 0.278. The number of nitrogens with one attached hydrogen (secondary N) is 1. The van der Waals surface area contributed by atoms with Crippen LogP contribution in [0, 0.1) is 0 Å². The highest BCUT2D eigenvalue weighted by Crippen LogP contribution is 2.29. The minimum Gasteiger partial charge on any atom is -0.479 e. The van der Waals surface area contributed by atoms with Crippen LogP contribution in [0.15, 0.2) is 42.5 Å². The maximum Gasteiger partial charge on any atom is 0.263 e. The molecule has 1 amide bonds. The van der Waals surface area contributed by atoms with Crippen molar-refractivity contribution in [1.82, 2.24) is 4.90 Å². The van der Waals surface area contributed by atoms with Gasteiger partial charge in [0.25, 0.3) is 5.91 Å². The number of hydrogen-bond acceptors (Lipinski definition) is 3. The molecule has 0 saturated heterocycles. The van der Waals surface area contributed by atoms with E-state index in [0.717, 1.165) is 11.3 Å². The molecule has 0 spiro atoms. The van der Waals surface area contributed by atoms with E-state index >= 15 is 0 Å². The molecule has 0 radical (unpaired) electrons. The molecule has 3 rings (SSSR count). The average molecular weight is 365 g/mol. The molecule has 0 aliphatic carbocycles. The number of halogens is 2. The van der Waals surface area contributed by atoms with E-state index in [4.69, 9.17) is 27.9 Å². The molecule has 126 valence electrons. The van der Waals surface area contributed by atoms with Crippen LogP contribution in [-0.2, 0) is 11.3 Å². The van der Waals surface area contributed by atoms with Gasteiger partial charge in [-0.15, -0.1) is 0 Å². The Labute approximate surface area is 151 Å². The SMILES string of the molecule is C[C@@H](Oc1ccc(Cl)cc1Cl)C(=O)N1CCNc2ccccc2C1. The van der Waals surface area contributed by atoms with Crippen molar-refractivity contribution < 1.29 is 9.53 Å². The van der Waals surface area contributed by atoms with Gasteiger partial charge in [0.05, 0.1) is 5.02 Å². The summed E-state index contributed by atoms with van der Waals surface area (Å²) in [6.45, 7) is 3.62. The van der Waals surface area contributed by atoms with E-state index in [1.54, 1.807) is 30.0 Å². The van der Waals surface area contributed by atoms with Gasteiger partial charge < -0.3 is 15.0 Å². The lowest BCUT2D eigenvalue weighted by Gasteiger charge is -2.25. The summed E-state index contributed by atoms with van der Waals surface area (Å²) in [6, 6.07) is 13.0. The molecule has 0 fully saturated rings. The van der Waals surface area contributed by atoms with E-state index in [1.807, 2.05) is 24.3 Å². The van der Waals surface area contributed by atoms with Crippen molar-refractivity contribution in [3.63, 3.8) is 0 Å². The molecule has 4 nitrogen and oxygen atoms in total. The third-order valence-corrected chi connectivity index (χ3v) is 4.46. The summed E-state index contributed by atoms with van der Waals surface area (Å²) in [5, 5.41) is 4.27. The molecular formula is C18H18Cl2N2O2. The Hall–Kier alpha value is -1.91. The maximum atomic E-state index is 12.7. The molecule has 1 N–H and O–H groups in total. The second-order valence-corrected chi connectivity index (χ2v) is 6.52. The first-order valence-electron chi connectivity index (χ1n) is 7.77. The highest BCUT2D eigenvalue weighted by atomic mass is 35.5. The van der Waals surface area contributed by atoms with E-state index in [-0.39, 0.29) is 5.91 Å². The summed E-state index contributed by atoms with van der Waals surface area (Å²) >= 11 is 12.0. The van der Waals surface area contributed by atoms with Gasteiger partial charge in [0.1, 0.15) is 5.75 Å². The van der Waals surface area contributed by atoms with Gasteiger partial charge in [0.15, 0.2) is 6.10 Å². The van der Waals surface area contributed by atoms with Gasteiger partial charge in [-0.1, -0.05) is 41.4 Å². The predicted octanol–water partition coefficient (Wildman–Crippen LogP) is 4.22. The molecule has 2 aromatic carbocycles. The van der Waals surface area contributed by atoms with E-state index in [1.165, 1.54) is 0 Å². The van der Waals surface area contributed by atoms with Crippen molar-refractivity contribution in [2.24, 2.45) is 0 Å². The Balaban J connectivity index is 1.71. The van der Waals surface area contributed by atoms with Crippen LogP contribution in [0.4, 0.5) is 5.69 Å². The summed E-state index contributed by atoms with van der Waals surface area (Å²) in [4.78, 5) is 14.5. The number of rotatable bonds is 3. The Morgan fingerprint density at radius 1 is 1.25 bits per heavy atom. The smallest absolute Gasteiger partial charge is 0.263 e. The van der Waals surface area contributed by atoms with Gasteiger partial charge in [-0.25, -0.2) is 0 Å². The van der Waals surface area contributed by atoms with Crippen LogP contribution < -0.4 is 10.1 Å². The molecule has 1 aliphatic heterocycles. The zero-order valence-electron chi connectivity index (χ0n) is 13.3. The fourth-order valence-corrected chi connectivity index (χ4v) is 3.15. The topological polar surface area (TPSA) is 41.6 Å². The van der Waals surface area contributed by atoms with Crippen molar-refractivity contribution >= 4 is 34.8 Å². The standard InChI is InChI=1S/C18H18Cl2N2O2/c1-12(24-17-7-6-14(19)10-15(17)20)18(23)22-9-8-21-16-5-3-2-4-13(16)11-22/h2-7,10,12,21H,8-9,11H2,1H3/t12-/m1/s1. The Bertz CT molecular complexity index is 752. The number of ether oxygens (including phenoxy) is 1. The quantitative estimate of drug-likeness (QED) is 0.886. The Kier molecular flexibility index (Phi) is 5.17. The molecule has 2 aromatic rings. The fourth-order valence-electron chi connectivity index (χ4n) is 2.70. The van der Waals surface area contributed by atoms with Gasteiger partial charge in [0.2, 0.25) is 0 Å². The second kappa shape index (κ2) is 7.32. The van der Waals surface area contributed by atoms with Crippen LogP contribution in [0.2, 0.25) is 10.0 Å².